The number of ether oxygens (including phenoxy) is 2. The fourth-order valence-electron chi connectivity index (χ4n) is 3.65. The van der Waals surface area contributed by atoms with Gasteiger partial charge in [-0.3, -0.25) is 9.59 Å². The molecule has 1 heterocycles. The lowest BCUT2D eigenvalue weighted by molar-refractivity contribution is -0.135. The van der Waals surface area contributed by atoms with E-state index >= 15 is 0 Å². The normalized spacial score (nSPS) is 14.1. The maximum absolute atomic E-state index is 13.3. The second-order valence-electron chi connectivity index (χ2n) is 7.66. The lowest BCUT2D eigenvalue weighted by atomic mass is 9.96. The van der Waals surface area contributed by atoms with Gasteiger partial charge in [0.1, 0.15) is 6.04 Å². The second-order valence-corrected chi connectivity index (χ2v) is 8.07. The van der Waals surface area contributed by atoms with Gasteiger partial charge < -0.3 is 19.7 Å². The molecular weight excluding hydrogens is 404 g/mol. The molecular formula is C23H27ClN2O4. The molecule has 0 saturated heterocycles. The minimum Gasteiger partial charge on any atom is -0.493 e. The fraction of sp³-hybridized carbons (Fsp3) is 0.391. The first-order valence-electron chi connectivity index (χ1n) is 9.93. The van der Waals surface area contributed by atoms with Gasteiger partial charge >= 0.3 is 0 Å². The van der Waals surface area contributed by atoms with Crippen LogP contribution in [0.25, 0.3) is 0 Å². The number of nitrogens with one attached hydrogen (secondary N) is 1. The van der Waals surface area contributed by atoms with Crippen LogP contribution in [0.15, 0.2) is 36.4 Å². The molecule has 2 aromatic carbocycles. The number of carbonyl (C=O) groups is 2. The van der Waals surface area contributed by atoms with E-state index in [2.05, 4.69) is 5.32 Å². The average Bonchev–Trinajstić information content (AvgIpc) is 2.75. The minimum atomic E-state index is -0.643. The zero-order valence-electron chi connectivity index (χ0n) is 17.7. The van der Waals surface area contributed by atoms with E-state index in [-0.39, 0.29) is 17.7 Å². The Morgan fingerprint density at radius 1 is 1.07 bits per heavy atom. The minimum absolute atomic E-state index is 0.0734. The van der Waals surface area contributed by atoms with Gasteiger partial charge in [0.05, 0.1) is 24.8 Å². The molecule has 0 aromatic heterocycles. The van der Waals surface area contributed by atoms with Crippen molar-refractivity contribution in [2.45, 2.75) is 32.9 Å². The molecule has 7 heteroatoms. The maximum Gasteiger partial charge on any atom is 0.253 e. The Hall–Kier alpha value is -2.73. The molecule has 0 fully saturated rings. The smallest absolute Gasteiger partial charge is 0.253 e. The molecule has 1 atom stereocenters. The molecule has 0 bridgehead atoms. The second kappa shape index (κ2) is 9.39. The Morgan fingerprint density at radius 2 is 1.70 bits per heavy atom. The lowest BCUT2D eigenvalue weighted by Gasteiger charge is -2.34. The van der Waals surface area contributed by atoms with Gasteiger partial charge in [0.15, 0.2) is 11.5 Å². The molecule has 160 valence electrons. The summed E-state index contributed by atoms with van der Waals surface area (Å²) in [6.45, 7) is 4.87. The monoisotopic (exact) mass is 430 g/mol. The van der Waals surface area contributed by atoms with Crippen molar-refractivity contribution < 1.29 is 19.1 Å². The van der Waals surface area contributed by atoms with Crippen molar-refractivity contribution in [2.75, 3.05) is 20.8 Å². The van der Waals surface area contributed by atoms with Crippen molar-refractivity contribution in [1.29, 1.82) is 0 Å². The van der Waals surface area contributed by atoms with E-state index in [0.29, 0.717) is 41.6 Å². The molecule has 1 aliphatic rings. The van der Waals surface area contributed by atoms with Crippen molar-refractivity contribution in [1.82, 2.24) is 10.2 Å². The first kappa shape index (κ1) is 22.0. The van der Waals surface area contributed by atoms with Crippen LogP contribution in [-0.4, -0.2) is 43.5 Å². The number of rotatable bonds is 6. The lowest BCUT2D eigenvalue weighted by Crippen LogP contribution is -2.52. The standard InChI is InChI=1S/C23H27ClN2O4/c1-14(2)21(25-22(27)17-7-5-6-8-18(17)24)23(28)26-10-9-15-11-19(29-3)20(30-4)12-16(15)13-26/h5-8,11-12,14,21H,9-10,13H2,1-4H3,(H,25,27). The van der Waals surface area contributed by atoms with Crippen molar-refractivity contribution in [3.05, 3.63) is 58.1 Å². The van der Waals surface area contributed by atoms with Gasteiger partial charge in [-0.15, -0.1) is 0 Å². The molecule has 2 aromatic rings. The Balaban J connectivity index is 1.78. The van der Waals surface area contributed by atoms with E-state index in [0.717, 1.165) is 11.1 Å². The van der Waals surface area contributed by atoms with E-state index < -0.39 is 6.04 Å². The van der Waals surface area contributed by atoms with Crippen LogP contribution in [0.1, 0.15) is 35.3 Å². The van der Waals surface area contributed by atoms with E-state index in [1.165, 1.54) is 0 Å². The third-order valence-corrected chi connectivity index (χ3v) is 5.70. The molecule has 1 aliphatic heterocycles. The van der Waals surface area contributed by atoms with Crippen molar-refractivity contribution in [2.24, 2.45) is 5.92 Å². The van der Waals surface area contributed by atoms with Crippen LogP contribution < -0.4 is 14.8 Å². The molecule has 0 aliphatic carbocycles. The molecule has 3 rings (SSSR count). The molecule has 0 saturated carbocycles. The summed E-state index contributed by atoms with van der Waals surface area (Å²) in [5.74, 6) is 0.791. The first-order valence-corrected chi connectivity index (χ1v) is 10.3. The Bertz CT molecular complexity index is 945. The van der Waals surface area contributed by atoms with Gasteiger partial charge in [-0.1, -0.05) is 37.6 Å². The van der Waals surface area contributed by atoms with Crippen LogP contribution in [0.3, 0.4) is 0 Å². The molecule has 1 unspecified atom stereocenters. The van der Waals surface area contributed by atoms with Crippen LogP contribution in [-0.2, 0) is 17.8 Å². The SMILES string of the molecule is COc1cc2c(cc1OC)CN(C(=O)C(NC(=O)c1ccccc1Cl)C(C)C)CC2. The Kier molecular flexibility index (Phi) is 6.87. The zero-order chi connectivity index (χ0) is 21.8. The Morgan fingerprint density at radius 3 is 2.30 bits per heavy atom. The number of carbonyl (C=O) groups excluding carboxylic acids is 2. The van der Waals surface area contributed by atoms with Crippen LogP contribution in [0.2, 0.25) is 5.02 Å². The number of benzene rings is 2. The zero-order valence-corrected chi connectivity index (χ0v) is 18.5. The first-order chi connectivity index (χ1) is 14.3. The number of fused-ring (bicyclic) bond motifs is 1. The number of hydrogen-bond donors (Lipinski definition) is 1. The predicted octanol–water partition coefficient (Wildman–Crippen LogP) is 3.70. The fourth-order valence-corrected chi connectivity index (χ4v) is 3.87. The number of methoxy groups -OCH3 is 2. The average molecular weight is 431 g/mol. The predicted molar refractivity (Wildman–Crippen MR) is 116 cm³/mol. The van der Waals surface area contributed by atoms with Gasteiger partial charge in [-0.2, -0.15) is 0 Å². The van der Waals surface area contributed by atoms with Gasteiger partial charge in [0.25, 0.3) is 5.91 Å². The summed E-state index contributed by atoms with van der Waals surface area (Å²) in [6.07, 6.45) is 0.713. The van der Waals surface area contributed by atoms with E-state index in [4.69, 9.17) is 21.1 Å². The number of hydrogen-bond acceptors (Lipinski definition) is 4. The number of halogens is 1. The quantitative estimate of drug-likeness (QED) is 0.758. The van der Waals surface area contributed by atoms with Crippen LogP contribution >= 0.6 is 11.6 Å². The number of amides is 2. The molecule has 1 N–H and O–H groups in total. The van der Waals surface area contributed by atoms with Gasteiger partial charge in [-0.25, -0.2) is 0 Å². The highest BCUT2D eigenvalue weighted by Crippen LogP contribution is 2.33. The van der Waals surface area contributed by atoms with Gasteiger partial charge in [0.2, 0.25) is 5.91 Å². The van der Waals surface area contributed by atoms with Crippen molar-refractivity contribution in [3.63, 3.8) is 0 Å². The number of nitrogens with zero attached hydrogens (tertiary/aromatic N) is 1. The van der Waals surface area contributed by atoms with E-state index in [1.54, 1.807) is 43.4 Å². The van der Waals surface area contributed by atoms with Gasteiger partial charge in [0, 0.05) is 13.1 Å². The molecule has 0 spiro atoms. The van der Waals surface area contributed by atoms with Crippen LogP contribution in [0, 0.1) is 5.92 Å². The van der Waals surface area contributed by atoms with E-state index in [1.807, 2.05) is 26.0 Å². The summed E-state index contributed by atoms with van der Waals surface area (Å²) >= 11 is 6.14. The van der Waals surface area contributed by atoms with Gasteiger partial charge in [-0.05, 0) is 47.7 Å². The molecule has 2 amide bonds. The third kappa shape index (κ3) is 4.54. The maximum atomic E-state index is 13.3. The summed E-state index contributed by atoms with van der Waals surface area (Å²) in [4.78, 5) is 27.8. The highest BCUT2D eigenvalue weighted by molar-refractivity contribution is 6.33. The van der Waals surface area contributed by atoms with Crippen LogP contribution in [0.5, 0.6) is 11.5 Å². The largest absolute Gasteiger partial charge is 0.493 e. The summed E-state index contributed by atoms with van der Waals surface area (Å²) in [6, 6.07) is 10.1. The molecule has 6 nitrogen and oxygen atoms in total. The summed E-state index contributed by atoms with van der Waals surface area (Å²) < 4.78 is 10.8. The molecule has 0 radical (unpaired) electrons. The summed E-state index contributed by atoms with van der Waals surface area (Å²) in [7, 11) is 3.20. The Labute approximate surface area is 182 Å². The van der Waals surface area contributed by atoms with Crippen LogP contribution in [0.4, 0.5) is 0 Å². The summed E-state index contributed by atoms with van der Waals surface area (Å²) in [5, 5.41) is 3.24. The molecule has 30 heavy (non-hydrogen) atoms. The third-order valence-electron chi connectivity index (χ3n) is 5.37. The van der Waals surface area contributed by atoms with E-state index in [9.17, 15) is 9.59 Å². The van der Waals surface area contributed by atoms with Crippen molar-refractivity contribution >= 4 is 23.4 Å². The summed E-state index contributed by atoms with van der Waals surface area (Å²) in [5.41, 5.74) is 2.52. The highest BCUT2D eigenvalue weighted by atomic mass is 35.5. The highest BCUT2D eigenvalue weighted by Gasteiger charge is 2.31. The topological polar surface area (TPSA) is 67.9 Å². The van der Waals surface area contributed by atoms with Crippen molar-refractivity contribution in [3.8, 4) is 11.5 Å².